The van der Waals surface area contributed by atoms with Crippen molar-refractivity contribution in [1.29, 1.82) is 5.26 Å². The number of benzene rings is 1. The number of thioether (sulfide) groups is 1. The molecule has 1 atom stereocenters. The average molecular weight is 404 g/mol. The first-order valence-electron chi connectivity index (χ1n) is 8.80. The lowest BCUT2D eigenvalue weighted by molar-refractivity contribution is -0.120. The lowest BCUT2D eigenvalue weighted by atomic mass is 9.69. The number of amides is 1. The highest BCUT2D eigenvalue weighted by atomic mass is 32.2. The van der Waals surface area contributed by atoms with Gasteiger partial charge in [-0.3, -0.25) is 14.5 Å². The van der Waals surface area contributed by atoms with Crippen LogP contribution in [0.25, 0.3) is 0 Å². The van der Waals surface area contributed by atoms with Crippen molar-refractivity contribution in [2.24, 2.45) is 5.73 Å². The van der Waals surface area contributed by atoms with Gasteiger partial charge >= 0.3 is 0 Å². The largest absolute Gasteiger partial charge is 0.384 e. The maximum Gasteiger partial charge on any atom is 0.258 e. The molecule has 9 heteroatoms. The number of nitrogens with zero attached hydrogens (tertiary/aromatic N) is 3. The van der Waals surface area contributed by atoms with E-state index >= 15 is 0 Å². The van der Waals surface area contributed by atoms with Gasteiger partial charge in [0.25, 0.3) is 5.56 Å². The number of nitriles is 1. The van der Waals surface area contributed by atoms with E-state index in [-0.39, 0.29) is 29.3 Å². The van der Waals surface area contributed by atoms with Gasteiger partial charge in [0.15, 0.2) is 5.16 Å². The lowest BCUT2D eigenvalue weighted by Crippen LogP contribution is -2.49. The third kappa shape index (κ3) is 2.38. The van der Waals surface area contributed by atoms with Gasteiger partial charge in [-0.2, -0.15) is 5.26 Å². The molecule has 1 unspecified atom stereocenters. The zero-order valence-electron chi connectivity index (χ0n) is 15.4. The summed E-state index contributed by atoms with van der Waals surface area (Å²) in [6.45, 7) is 1.92. The van der Waals surface area contributed by atoms with Crippen LogP contribution in [0.15, 0.2) is 45.6 Å². The molecule has 8 nitrogen and oxygen atoms in total. The van der Waals surface area contributed by atoms with Gasteiger partial charge < -0.3 is 16.0 Å². The van der Waals surface area contributed by atoms with Crippen molar-refractivity contribution >= 4 is 29.2 Å². The van der Waals surface area contributed by atoms with Gasteiger partial charge in [-0.15, -0.1) is 6.42 Å². The standard InChI is InChI=1S/C20H16N6O2S/c1-3-9-26-13-8-6-5-7-11(13)20(18(26)28)12(10-21)15(22)23-16-14(20)17(27)25-19(24-16)29-4-2/h1,5-8H,4,9,22H2,2H3,(H2,23,24,25,27). The van der Waals surface area contributed by atoms with E-state index < -0.39 is 16.9 Å². The molecule has 0 saturated heterocycles. The monoisotopic (exact) mass is 404 g/mol. The fourth-order valence-corrected chi connectivity index (χ4v) is 4.54. The van der Waals surface area contributed by atoms with Crippen LogP contribution < -0.4 is 21.5 Å². The second-order valence-corrected chi connectivity index (χ2v) is 7.67. The molecule has 3 heterocycles. The number of nitrogens with one attached hydrogen (secondary N) is 2. The molecule has 2 aliphatic heterocycles. The Morgan fingerprint density at radius 1 is 1.38 bits per heavy atom. The average Bonchev–Trinajstić information content (AvgIpc) is 2.92. The van der Waals surface area contributed by atoms with E-state index in [4.69, 9.17) is 12.2 Å². The summed E-state index contributed by atoms with van der Waals surface area (Å²) in [6.07, 6.45) is 5.48. The number of aromatic amines is 1. The number of aromatic nitrogens is 2. The summed E-state index contributed by atoms with van der Waals surface area (Å²) >= 11 is 1.35. The molecule has 144 valence electrons. The smallest absolute Gasteiger partial charge is 0.258 e. The second-order valence-electron chi connectivity index (χ2n) is 6.42. The molecular weight excluding hydrogens is 388 g/mol. The van der Waals surface area contributed by atoms with Gasteiger partial charge in [0.1, 0.15) is 23.1 Å². The SMILES string of the molecule is C#CCN1C(=O)C2(C(C#N)=C(N)Nc3nc(SCC)[nH]c(=O)c32)c2ccccc21. The minimum absolute atomic E-state index is 0.00588. The van der Waals surface area contributed by atoms with Crippen LogP contribution in [0.1, 0.15) is 18.1 Å². The van der Waals surface area contributed by atoms with Crippen molar-refractivity contribution in [2.45, 2.75) is 17.5 Å². The highest BCUT2D eigenvalue weighted by Crippen LogP contribution is 2.52. The van der Waals surface area contributed by atoms with E-state index in [1.807, 2.05) is 13.0 Å². The number of fused-ring (bicyclic) bond motifs is 4. The summed E-state index contributed by atoms with van der Waals surface area (Å²) in [6, 6.07) is 8.98. The minimum Gasteiger partial charge on any atom is -0.384 e. The van der Waals surface area contributed by atoms with Gasteiger partial charge in [-0.1, -0.05) is 42.8 Å². The van der Waals surface area contributed by atoms with E-state index in [0.717, 1.165) is 0 Å². The Kier molecular flexibility index (Phi) is 4.33. The fourth-order valence-electron chi connectivity index (χ4n) is 3.94. The third-order valence-electron chi connectivity index (χ3n) is 4.98. The molecule has 0 radical (unpaired) electrons. The maximum atomic E-state index is 13.7. The van der Waals surface area contributed by atoms with Gasteiger partial charge in [0.2, 0.25) is 5.91 Å². The van der Waals surface area contributed by atoms with Crippen LogP contribution >= 0.6 is 11.8 Å². The van der Waals surface area contributed by atoms with Gasteiger partial charge in [-0.05, 0) is 11.8 Å². The number of carbonyl (C=O) groups excluding carboxylic acids is 1. The normalized spacial score (nSPS) is 19.4. The van der Waals surface area contributed by atoms with Gasteiger partial charge in [-0.25, -0.2) is 4.98 Å². The number of carbonyl (C=O) groups is 1. The van der Waals surface area contributed by atoms with Crippen LogP contribution in [0.2, 0.25) is 0 Å². The first-order chi connectivity index (χ1) is 14.0. The summed E-state index contributed by atoms with van der Waals surface area (Å²) in [7, 11) is 0. The quantitative estimate of drug-likeness (QED) is 0.399. The zero-order chi connectivity index (χ0) is 20.8. The molecule has 0 saturated carbocycles. The fraction of sp³-hybridized carbons (Fsp3) is 0.200. The van der Waals surface area contributed by atoms with Crippen LogP contribution in [0, 0.1) is 23.7 Å². The van der Waals surface area contributed by atoms with Crippen LogP contribution in [-0.2, 0) is 10.2 Å². The van der Waals surface area contributed by atoms with E-state index in [2.05, 4.69) is 21.2 Å². The van der Waals surface area contributed by atoms with E-state index in [0.29, 0.717) is 22.2 Å². The Bertz CT molecular complexity index is 1220. The summed E-state index contributed by atoms with van der Waals surface area (Å²) in [5.74, 6) is 2.80. The van der Waals surface area contributed by atoms with Crippen LogP contribution in [-0.4, -0.2) is 28.2 Å². The van der Waals surface area contributed by atoms with Crippen molar-refractivity contribution in [3.05, 3.63) is 57.1 Å². The summed E-state index contributed by atoms with van der Waals surface area (Å²) in [5.41, 5.74) is 4.94. The van der Waals surface area contributed by atoms with Crippen LogP contribution in [0.4, 0.5) is 11.5 Å². The maximum absolute atomic E-state index is 13.7. The Balaban J connectivity index is 2.13. The van der Waals surface area contributed by atoms with Crippen LogP contribution in [0.3, 0.4) is 0 Å². The topological polar surface area (TPSA) is 128 Å². The Morgan fingerprint density at radius 3 is 2.83 bits per heavy atom. The first-order valence-corrected chi connectivity index (χ1v) is 9.79. The van der Waals surface area contributed by atoms with E-state index in [1.165, 1.54) is 16.7 Å². The number of nitrogens with two attached hydrogens (primary N) is 1. The van der Waals surface area contributed by atoms with Crippen molar-refractivity contribution < 1.29 is 4.79 Å². The molecule has 1 amide bonds. The highest BCUT2D eigenvalue weighted by molar-refractivity contribution is 7.99. The van der Waals surface area contributed by atoms with Crippen molar-refractivity contribution in [3.63, 3.8) is 0 Å². The van der Waals surface area contributed by atoms with E-state index in [1.54, 1.807) is 24.3 Å². The van der Waals surface area contributed by atoms with Crippen LogP contribution in [0.5, 0.6) is 0 Å². The Hall–Kier alpha value is -3.69. The molecule has 2 aliphatic rings. The zero-order valence-corrected chi connectivity index (χ0v) is 16.3. The number of para-hydroxylation sites is 1. The van der Waals surface area contributed by atoms with E-state index in [9.17, 15) is 14.9 Å². The van der Waals surface area contributed by atoms with Crippen molar-refractivity contribution in [2.75, 3.05) is 22.5 Å². The first kappa shape index (κ1) is 18.7. The van der Waals surface area contributed by atoms with Gasteiger partial charge in [0.05, 0.1) is 17.7 Å². The summed E-state index contributed by atoms with van der Waals surface area (Å²) in [4.78, 5) is 35.5. The molecule has 1 aromatic heterocycles. The highest BCUT2D eigenvalue weighted by Gasteiger charge is 2.60. The molecule has 0 fully saturated rings. The number of hydrogen-bond donors (Lipinski definition) is 3. The lowest BCUT2D eigenvalue weighted by Gasteiger charge is -2.33. The number of hydrogen-bond acceptors (Lipinski definition) is 7. The number of rotatable bonds is 3. The molecule has 1 spiro atoms. The summed E-state index contributed by atoms with van der Waals surface area (Å²) in [5, 5.41) is 13.2. The Morgan fingerprint density at radius 2 is 2.14 bits per heavy atom. The van der Waals surface area contributed by atoms with Crippen molar-refractivity contribution in [3.8, 4) is 18.4 Å². The number of terminal acetylenes is 1. The molecule has 0 aliphatic carbocycles. The molecule has 4 N–H and O–H groups in total. The predicted molar refractivity (Wildman–Crippen MR) is 110 cm³/mol. The number of anilines is 2. The van der Waals surface area contributed by atoms with Crippen molar-refractivity contribution in [1.82, 2.24) is 9.97 Å². The van der Waals surface area contributed by atoms with Gasteiger partial charge in [0, 0.05) is 11.3 Å². The minimum atomic E-state index is -1.71. The molecule has 29 heavy (non-hydrogen) atoms. The molecule has 4 rings (SSSR count). The second kappa shape index (κ2) is 6.73. The molecule has 2 aromatic rings. The molecular formula is C20H16N6O2S. The third-order valence-corrected chi connectivity index (χ3v) is 5.73. The molecule has 0 bridgehead atoms. The predicted octanol–water partition coefficient (Wildman–Crippen LogP) is 1.27. The number of H-pyrrole nitrogens is 1. The molecule has 1 aromatic carbocycles. The summed E-state index contributed by atoms with van der Waals surface area (Å²) < 4.78 is 0. The Labute approximate surface area is 170 Å².